The van der Waals surface area contributed by atoms with E-state index in [1.165, 1.54) is 0 Å². The number of benzene rings is 2. The number of pyridine rings is 1. The van der Waals surface area contributed by atoms with Crippen molar-refractivity contribution in [3.63, 3.8) is 0 Å². The summed E-state index contributed by atoms with van der Waals surface area (Å²) in [7, 11) is 2.09. The number of hydrogen-bond acceptors (Lipinski definition) is 8. The third-order valence-electron chi connectivity index (χ3n) is 9.66. The number of aromatic nitrogens is 3. The van der Waals surface area contributed by atoms with Crippen LogP contribution < -0.4 is 9.64 Å². The van der Waals surface area contributed by atoms with Crippen LogP contribution in [0.15, 0.2) is 42.6 Å². The lowest BCUT2D eigenvalue weighted by atomic mass is 9.72. The molecule has 9 nitrogen and oxygen atoms in total. The van der Waals surface area contributed by atoms with Crippen molar-refractivity contribution in [1.29, 1.82) is 0 Å². The number of amides is 1. The lowest BCUT2D eigenvalue weighted by molar-refractivity contribution is -0.0434. The molecule has 7 rings (SSSR count). The number of nitrogens with zero attached hydrogens (tertiary/aromatic N) is 6. The number of ether oxygens (including phenoxy) is 2. The molecule has 0 aliphatic carbocycles. The fourth-order valence-electron chi connectivity index (χ4n) is 7.10. The van der Waals surface area contributed by atoms with Gasteiger partial charge in [-0.05, 0) is 71.5 Å². The number of hydrogen-bond donors (Lipinski definition) is 0. The van der Waals surface area contributed by atoms with Crippen LogP contribution in [-0.4, -0.2) is 88.9 Å². The van der Waals surface area contributed by atoms with Crippen LogP contribution in [0.25, 0.3) is 32.9 Å². The van der Waals surface area contributed by atoms with E-state index in [9.17, 15) is 4.79 Å². The lowest BCUT2D eigenvalue weighted by Crippen LogP contribution is -2.62. The summed E-state index contributed by atoms with van der Waals surface area (Å²) in [5, 5.41) is 2.72. The molecule has 2 aromatic carbocycles. The van der Waals surface area contributed by atoms with Gasteiger partial charge in [-0.25, -0.2) is 9.18 Å². The second kappa shape index (κ2) is 11.8. The average molecular weight is 647 g/mol. The first-order valence-corrected chi connectivity index (χ1v) is 16.5. The van der Waals surface area contributed by atoms with Crippen LogP contribution in [0.1, 0.15) is 46.5 Å². The Morgan fingerprint density at radius 1 is 1.09 bits per heavy atom. The van der Waals surface area contributed by atoms with Crippen molar-refractivity contribution in [3.8, 4) is 17.3 Å². The molecule has 4 aromatic rings. The molecule has 1 amide bonds. The van der Waals surface area contributed by atoms with E-state index in [0.717, 1.165) is 43.0 Å². The number of carbonyl (C=O) groups excluding carboxylic acids is 1. The first-order chi connectivity index (χ1) is 22.0. The van der Waals surface area contributed by atoms with Crippen LogP contribution in [-0.2, 0) is 4.74 Å². The van der Waals surface area contributed by atoms with Crippen LogP contribution in [0.2, 0.25) is 5.02 Å². The third-order valence-corrected chi connectivity index (χ3v) is 9.97. The number of anilines is 1. The molecule has 3 aliphatic rings. The van der Waals surface area contributed by atoms with E-state index in [0.29, 0.717) is 54.6 Å². The summed E-state index contributed by atoms with van der Waals surface area (Å²) >= 11 is 6.61. The number of likely N-dealkylation sites (tertiary alicyclic amines) is 2. The van der Waals surface area contributed by atoms with Crippen molar-refractivity contribution < 1.29 is 18.7 Å². The van der Waals surface area contributed by atoms with Crippen molar-refractivity contribution >= 4 is 45.2 Å². The van der Waals surface area contributed by atoms with Gasteiger partial charge in [0, 0.05) is 59.8 Å². The quantitative estimate of drug-likeness (QED) is 0.230. The summed E-state index contributed by atoms with van der Waals surface area (Å²) in [4.78, 5) is 32.9. The van der Waals surface area contributed by atoms with Crippen molar-refractivity contribution in [2.45, 2.75) is 58.1 Å². The van der Waals surface area contributed by atoms with E-state index in [1.54, 1.807) is 17.2 Å². The van der Waals surface area contributed by atoms with Gasteiger partial charge in [-0.15, -0.1) is 0 Å². The van der Waals surface area contributed by atoms with Gasteiger partial charge in [0.2, 0.25) is 0 Å². The predicted octanol–water partition coefficient (Wildman–Crippen LogP) is 6.95. The van der Waals surface area contributed by atoms with Crippen molar-refractivity contribution in [1.82, 2.24) is 24.8 Å². The zero-order valence-corrected chi connectivity index (χ0v) is 27.6. The molecule has 3 aliphatic heterocycles. The van der Waals surface area contributed by atoms with Crippen molar-refractivity contribution in [2.75, 3.05) is 51.3 Å². The highest BCUT2D eigenvalue weighted by molar-refractivity contribution is 6.36. The Labute approximate surface area is 273 Å². The summed E-state index contributed by atoms with van der Waals surface area (Å²) in [6.07, 6.45) is 5.32. The van der Waals surface area contributed by atoms with Crippen molar-refractivity contribution in [2.24, 2.45) is 5.41 Å². The predicted molar refractivity (Wildman–Crippen MR) is 178 cm³/mol. The van der Waals surface area contributed by atoms with Gasteiger partial charge in [-0.3, -0.25) is 4.98 Å². The minimum Gasteiger partial charge on any atom is -0.462 e. The van der Waals surface area contributed by atoms with Gasteiger partial charge in [0.25, 0.3) is 0 Å². The van der Waals surface area contributed by atoms with Gasteiger partial charge in [0.15, 0.2) is 5.82 Å². The average Bonchev–Trinajstić information content (AvgIpc) is 3.42. The maximum atomic E-state index is 16.6. The molecule has 5 heterocycles. The smallest absolute Gasteiger partial charge is 0.410 e. The third kappa shape index (κ3) is 5.81. The highest BCUT2D eigenvalue weighted by atomic mass is 35.5. The largest absolute Gasteiger partial charge is 0.462 e. The summed E-state index contributed by atoms with van der Waals surface area (Å²) in [5.74, 6) is 0.0868. The van der Waals surface area contributed by atoms with E-state index in [-0.39, 0.29) is 34.8 Å². The molecule has 242 valence electrons. The SMILES string of the molecule is CN1CCC[C@H]1COc1nc(N2CCC3(CC2)CN(C(=O)OC(C)(C)C)C3)c2cnc(-c3cccc4cccc(Cl)c34)c(F)c2n1. The fourth-order valence-corrected chi connectivity index (χ4v) is 7.38. The van der Waals surface area contributed by atoms with E-state index >= 15 is 4.39 Å². The molecule has 3 saturated heterocycles. The number of fused-ring (bicyclic) bond motifs is 2. The Morgan fingerprint density at radius 3 is 2.52 bits per heavy atom. The van der Waals surface area contributed by atoms with E-state index in [1.807, 2.05) is 51.1 Å². The van der Waals surface area contributed by atoms with Gasteiger partial charge in [-0.2, -0.15) is 9.97 Å². The molecule has 0 radical (unpaired) electrons. The molecule has 0 saturated carbocycles. The zero-order valence-electron chi connectivity index (χ0n) is 26.9. The molecule has 0 N–H and O–H groups in total. The molecule has 2 aromatic heterocycles. The second-order valence-electron chi connectivity index (χ2n) is 14.1. The Hall–Kier alpha value is -3.76. The zero-order chi connectivity index (χ0) is 32.2. The topological polar surface area (TPSA) is 83.9 Å². The molecule has 0 unspecified atom stereocenters. The maximum absolute atomic E-state index is 16.6. The Kier molecular flexibility index (Phi) is 7.92. The molecule has 1 atom stereocenters. The lowest BCUT2D eigenvalue weighted by Gasteiger charge is -2.53. The number of halogens is 2. The number of likely N-dealkylation sites (N-methyl/N-ethyl adjacent to an activating group) is 1. The molecule has 1 spiro atoms. The van der Waals surface area contributed by atoms with Crippen LogP contribution in [0.3, 0.4) is 0 Å². The van der Waals surface area contributed by atoms with Crippen LogP contribution >= 0.6 is 11.6 Å². The van der Waals surface area contributed by atoms with E-state index in [4.69, 9.17) is 26.1 Å². The summed E-state index contributed by atoms with van der Waals surface area (Å²) in [6.45, 7) is 9.88. The maximum Gasteiger partial charge on any atom is 0.410 e. The van der Waals surface area contributed by atoms with E-state index < -0.39 is 11.4 Å². The first kappa shape index (κ1) is 30.9. The second-order valence-corrected chi connectivity index (χ2v) is 14.5. The van der Waals surface area contributed by atoms with E-state index in [2.05, 4.69) is 26.8 Å². The van der Waals surface area contributed by atoms with Gasteiger partial charge in [-0.1, -0.05) is 41.9 Å². The first-order valence-electron chi connectivity index (χ1n) is 16.1. The monoisotopic (exact) mass is 646 g/mol. The number of piperidine rings is 1. The molecule has 46 heavy (non-hydrogen) atoms. The molecular formula is C35H40ClFN6O3. The van der Waals surface area contributed by atoms with Gasteiger partial charge in [0.1, 0.15) is 29.2 Å². The minimum atomic E-state index is -0.531. The van der Waals surface area contributed by atoms with Gasteiger partial charge < -0.3 is 24.2 Å². The Bertz CT molecular complexity index is 1790. The molecular weight excluding hydrogens is 607 g/mol. The molecule has 11 heteroatoms. The summed E-state index contributed by atoms with van der Waals surface area (Å²) in [5.41, 5.74) is 0.498. The van der Waals surface area contributed by atoms with Gasteiger partial charge in [0.05, 0.1) is 5.39 Å². The van der Waals surface area contributed by atoms with Gasteiger partial charge >= 0.3 is 12.1 Å². The van der Waals surface area contributed by atoms with Crippen LogP contribution in [0, 0.1) is 11.2 Å². The molecule has 3 fully saturated rings. The Morgan fingerprint density at radius 2 is 1.83 bits per heavy atom. The fraction of sp³-hybridized carbons (Fsp3) is 0.486. The number of carbonyl (C=O) groups is 1. The highest BCUT2D eigenvalue weighted by Gasteiger charge is 2.48. The summed E-state index contributed by atoms with van der Waals surface area (Å²) < 4.78 is 28.4. The van der Waals surface area contributed by atoms with Crippen LogP contribution in [0.4, 0.5) is 15.0 Å². The van der Waals surface area contributed by atoms with Crippen molar-refractivity contribution in [3.05, 3.63) is 53.4 Å². The normalized spacial score (nSPS) is 20.0. The highest BCUT2D eigenvalue weighted by Crippen LogP contribution is 2.43. The molecule has 0 bridgehead atoms. The van der Waals surface area contributed by atoms with Crippen LogP contribution in [0.5, 0.6) is 6.01 Å². The minimum absolute atomic E-state index is 0.0485. The Balaban J connectivity index is 1.20. The summed E-state index contributed by atoms with van der Waals surface area (Å²) in [6, 6.07) is 11.7. The number of rotatable bonds is 5. The standard InChI is InChI=1S/C35H40ClFN6O3/c1-34(2,3)46-33(44)43-20-35(21-43)13-16-42(17-14-35)31-25-18-38-29(24-11-5-8-22-9-6-12-26(36)27(22)24)28(37)30(25)39-32(40-31)45-19-23-10-7-15-41(23)4/h5-6,8-9,11-12,18,23H,7,10,13-17,19-21H2,1-4H3/t23-/m0/s1.